The first-order valence-electron chi connectivity index (χ1n) is 9.05. The van der Waals surface area contributed by atoms with Crippen LogP contribution in [0.1, 0.15) is 16.7 Å². The molecule has 31 heavy (non-hydrogen) atoms. The van der Waals surface area contributed by atoms with E-state index in [4.69, 9.17) is 4.74 Å². The molecular weight excluding hydrogens is 468 g/mol. The maximum atomic E-state index is 12.3. The van der Waals surface area contributed by atoms with Gasteiger partial charge in [0.2, 0.25) is 5.88 Å². The molecule has 9 nitrogen and oxygen atoms in total. The molecule has 0 aliphatic heterocycles. The minimum absolute atomic E-state index is 0.337. The highest BCUT2D eigenvalue weighted by Crippen LogP contribution is 2.28. The average Bonchev–Trinajstić information content (AvgIpc) is 2.71. The quantitative estimate of drug-likeness (QED) is 0.487. The van der Waals surface area contributed by atoms with Gasteiger partial charge in [0, 0.05) is 4.47 Å². The summed E-state index contributed by atoms with van der Waals surface area (Å²) >= 11 is 3.30. The second-order valence-electron chi connectivity index (χ2n) is 6.63. The van der Waals surface area contributed by atoms with Crippen LogP contribution in [0, 0.1) is 13.8 Å². The molecule has 0 spiro atoms. The van der Waals surface area contributed by atoms with E-state index in [-0.39, 0.29) is 5.56 Å². The summed E-state index contributed by atoms with van der Waals surface area (Å²) < 4.78 is 6.89. The minimum Gasteiger partial charge on any atom is -0.495 e. The molecule has 0 radical (unpaired) electrons. The number of urea groups is 1. The van der Waals surface area contributed by atoms with Crippen molar-refractivity contribution in [1.82, 2.24) is 9.55 Å². The molecule has 3 N–H and O–H groups in total. The first kappa shape index (κ1) is 22.0. The Labute approximate surface area is 185 Å². The molecule has 0 bridgehead atoms. The van der Waals surface area contributed by atoms with E-state index in [2.05, 4.69) is 31.2 Å². The molecule has 2 aromatic carbocycles. The third-order valence-electron chi connectivity index (χ3n) is 4.59. The number of nitrogens with zero attached hydrogens (tertiary/aromatic N) is 2. The van der Waals surface area contributed by atoms with Gasteiger partial charge in [0.05, 0.1) is 24.7 Å². The fraction of sp³-hybridized carbons (Fsp3) is 0.143. The predicted molar refractivity (Wildman–Crippen MR) is 121 cm³/mol. The van der Waals surface area contributed by atoms with Gasteiger partial charge in [0.15, 0.2) is 0 Å². The van der Waals surface area contributed by atoms with Crippen LogP contribution in [0.4, 0.5) is 10.5 Å². The number of ether oxygens (including phenoxy) is 1. The Bertz CT molecular complexity index is 1310. The number of benzene rings is 2. The van der Waals surface area contributed by atoms with Crippen molar-refractivity contribution in [2.75, 3.05) is 12.4 Å². The second kappa shape index (κ2) is 9.00. The molecule has 3 aromatic rings. The second-order valence-corrected chi connectivity index (χ2v) is 7.55. The van der Waals surface area contributed by atoms with Crippen LogP contribution in [0.2, 0.25) is 0 Å². The average molecular weight is 487 g/mol. The molecule has 10 heteroatoms. The highest BCUT2D eigenvalue weighted by Gasteiger charge is 2.15. The number of nitrogens with one attached hydrogen (secondary N) is 2. The van der Waals surface area contributed by atoms with Crippen molar-refractivity contribution in [3.05, 3.63) is 78.4 Å². The van der Waals surface area contributed by atoms with E-state index in [9.17, 15) is 19.5 Å². The third kappa shape index (κ3) is 4.75. The van der Waals surface area contributed by atoms with Crippen LogP contribution in [-0.2, 0) is 0 Å². The molecule has 1 heterocycles. The first-order chi connectivity index (χ1) is 14.7. The topological polar surface area (TPSA) is 126 Å². The van der Waals surface area contributed by atoms with Crippen molar-refractivity contribution in [3.63, 3.8) is 0 Å². The van der Waals surface area contributed by atoms with E-state index in [0.717, 1.165) is 26.4 Å². The number of hydrogen-bond donors (Lipinski definition) is 3. The van der Waals surface area contributed by atoms with E-state index in [1.807, 2.05) is 13.8 Å². The lowest BCUT2D eigenvalue weighted by atomic mass is 10.1. The summed E-state index contributed by atoms with van der Waals surface area (Å²) in [6.45, 7) is 3.77. The third-order valence-corrected chi connectivity index (χ3v) is 5.08. The summed E-state index contributed by atoms with van der Waals surface area (Å²) in [7, 11) is 1.45. The van der Waals surface area contributed by atoms with E-state index in [1.165, 1.54) is 7.11 Å². The number of carbonyl (C=O) groups is 1. The van der Waals surface area contributed by atoms with Crippen molar-refractivity contribution < 1.29 is 14.6 Å². The number of anilines is 1. The molecule has 0 fully saturated rings. The summed E-state index contributed by atoms with van der Waals surface area (Å²) in [4.78, 5) is 42.5. The van der Waals surface area contributed by atoms with Crippen LogP contribution in [0.15, 0.2) is 55.5 Å². The van der Waals surface area contributed by atoms with Gasteiger partial charge in [-0.05, 0) is 55.3 Å². The van der Waals surface area contributed by atoms with Gasteiger partial charge in [-0.15, -0.1) is 0 Å². The number of aromatic amines is 1. The van der Waals surface area contributed by atoms with Gasteiger partial charge in [-0.1, -0.05) is 22.0 Å². The monoisotopic (exact) mass is 486 g/mol. The number of rotatable bonds is 4. The Balaban J connectivity index is 1.95. The summed E-state index contributed by atoms with van der Waals surface area (Å²) in [5, 5.41) is 13.1. The number of halogens is 1. The molecule has 3 rings (SSSR count). The molecule has 160 valence electrons. The number of hydrogen-bond acceptors (Lipinski definition) is 5. The van der Waals surface area contributed by atoms with Crippen LogP contribution < -0.4 is 21.3 Å². The van der Waals surface area contributed by atoms with Gasteiger partial charge in [0.25, 0.3) is 5.56 Å². The summed E-state index contributed by atoms with van der Waals surface area (Å²) in [6, 6.07) is 9.29. The fourth-order valence-corrected chi connectivity index (χ4v) is 3.14. The Kier molecular flexibility index (Phi) is 6.40. The molecule has 0 unspecified atom stereocenters. The molecular formula is C21H19BrN4O5. The molecule has 0 aliphatic rings. The lowest BCUT2D eigenvalue weighted by Gasteiger charge is -2.11. The number of aromatic hydroxyl groups is 1. The number of amides is 2. The zero-order chi connectivity index (χ0) is 22.7. The molecule has 0 aliphatic carbocycles. The summed E-state index contributed by atoms with van der Waals surface area (Å²) in [6.07, 6.45) is 0.895. The Morgan fingerprint density at radius 1 is 1.19 bits per heavy atom. The molecule has 0 saturated heterocycles. The van der Waals surface area contributed by atoms with Gasteiger partial charge in [-0.3, -0.25) is 9.78 Å². The Morgan fingerprint density at radius 2 is 1.94 bits per heavy atom. The Hall–Kier alpha value is -3.66. The Morgan fingerprint density at radius 3 is 2.61 bits per heavy atom. The fourth-order valence-electron chi connectivity index (χ4n) is 2.80. The van der Waals surface area contributed by atoms with Crippen molar-refractivity contribution in [3.8, 4) is 17.3 Å². The smallest absolute Gasteiger partial charge is 0.345 e. The van der Waals surface area contributed by atoms with E-state index in [1.54, 1.807) is 36.4 Å². The summed E-state index contributed by atoms with van der Waals surface area (Å²) in [5.41, 5.74) is 0.602. The van der Waals surface area contributed by atoms with Gasteiger partial charge >= 0.3 is 11.7 Å². The summed E-state index contributed by atoms with van der Waals surface area (Å²) in [5.74, 6) is -0.225. The number of aromatic nitrogens is 2. The number of carbonyl (C=O) groups excluding carboxylic acids is 1. The largest absolute Gasteiger partial charge is 0.495 e. The highest BCUT2D eigenvalue weighted by molar-refractivity contribution is 9.10. The van der Waals surface area contributed by atoms with E-state index in [0.29, 0.717) is 17.1 Å². The van der Waals surface area contributed by atoms with Crippen LogP contribution in [-0.4, -0.2) is 34.0 Å². The maximum Gasteiger partial charge on any atom is 0.345 e. The molecule has 2 amide bonds. The number of methoxy groups -OCH3 is 1. The van der Waals surface area contributed by atoms with Crippen molar-refractivity contribution >= 4 is 33.9 Å². The van der Waals surface area contributed by atoms with Crippen molar-refractivity contribution in [2.45, 2.75) is 13.8 Å². The van der Waals surface area contributed by atoms with Crippen LogP contribution in [0.5, 0.6) is 11.6 Å². The lowest BCUT2D eigenvalue weighted by Crippen LogP contribution is -2.31. The normalized spacial score (nSPS) is 11.0. The van der Waals surface area contributed by atoms with Crippen LogP contribution in [0.3, 0.4) is 0 Å². The van der Waals surface area contributed by atoms with Gasteiger partial charge in [-0.25, -0.2) is 19.1 Å². The molecule has 1 aromatic heterocycles. The predicted octanol–water partition coefficient (Wildman–Crippen LogP) is 3.27. The van der Waals surface area contributed by atoms with E-state index >= 15 is 0 Å². The minimum atomic E-state index is -0.875. The van der Waals surface area contributed by atoms with Crippen molar-refractivity contribution in [2.24, 2.45) is 4.99 Å². The van der Waals surface area contributed by atoms with Crippen LogP contribution >= 0.6 is 15.9 Å². The van der Waals surface area contributed by atoms with Gasteiger partial charge < -0.3 is 15.2 Å². The highest BCUT2D eigenvalue weighted by atomic mass is 79.9. The van der Waals surface area contributed by atoms with E-state index < -0.39 is 23.2 Å². The molecule has 0 saturated carbocycles. The zero-order valence-electron chi connectivity index (χ0n) is 16.9. The maximum absolute atomic E-state index is 12.3. The number of aryl methyl sites for hydroxylation is 2. The van der Waals surface area contributed by atoms with Gasteiger partial charge in [-0.2, -0.15) is 0 Å². The number of aliphatic imine (C=N–C) groups is 1. The zero-order valence-corrected chi connectivity index (χ0v) is 18.5. The number of H-pyrrole nitrogens is 1. The molecule has 0 atom stereocenters. The van der Waals surface area contributed by atoms with Crippen molar-refractivity contribution in [1.29, 1.82) is 0 Å². The van der Waals surface area contributed by atoms with Crippen LogP contribution in [0.25, 0.3) is 5.69 Å². The lowest BCUT2D eigenvalue weighted by molar-refractivity contribution is 0.259. The standard InChI is InChI=1S/C21H19BrN4O5/c1-11-4-6-14(8-12(11)2)26-19(28)15(18(27)25-21(26)30)10-23-20(29)24-16-7-5-13(22)9-17(16)31-3/h4-10,28H,1-3H3,(H,24,29)(H,25,27,30). The first-order valence-corrected chi connectivity index (χ1v) is 9.85. The SMILES string of the molecule is COc1cc(Br)ccc1NC(=O)N=Cc1c(O)n(-c2ccc(C)c(C)c2)c(=O)[nH]c1=O. The van der Waals surface area contributed by atoms with Gasteiger partial charge in [0.1, 0.15) is 11.3 Å².